The van der Waals surface area contributed by atoms with Crippen LogP contribution in [-0.2, 0) is 27.1 Å². The molecule has 1 unspecified atom stereocenters. The van der Waals surface area contributed by atoms with Crippen LogP contribution >= 0.6 is 0 Å². The lowest BCUT2D eigenvalue weighted by atomic mass is 10.2. The molecule has 124 valence electrons. The van der Waals surface area contributed by atoms with E-state index in [1.165, 1.54) is 0 Å². The molecular formula is C15H20N4O3S. The number of hydrogen-bond donors (Lipinski definition) is 0. The Bertz CT molecular complexity index is 745. The second kappa shape index (κ2) is 6.77. The van der Waals surface area contributed by atoms with Crippen molar-refractivity contribution in [2.45, 2.75) is 24.8 Å². The highest BCUT2D eigenvalue weighted by atomic mass is 32.2. The Morgan fingerprint density at radius 3 is 2.83 bits per heavy atom. The lowest BCUT2D eigenvalue weighted by molar-refractivity contribution is 0.181. The zero-order valence-corrected chi connectivity index (χ0v) is 13.8. The Labute approximate surface area is 135 Å². The zero-order chi connectivity index (χ0) is 16.3. The third-order valence-electron chi connectivity index (χ3n) is 3.94. The third-order valence-corrected chi connectivity index (χ3v) is 5.75. The van der Waals surface area contributed by atoms with Crippen molar-refractivity contribution in [2.24, 2.45) is 0 Å². The van der Waals surface area contributed by atoms with Gasteiger partial charge in [0, 0.05) is 20.2 Å². The summed E-state index contributed by atoms with van der Waals surface area (Å²) in [6.07, 6.45) is 2.56. The molecule has 1 atom stereocenters. The number of benzene rings is 1. The first-order valence-corrected chi connectivity index (χ1v) is 9.11. The maximum atomic E-state index is 12.5. The molecular weight excluding hydrogens is 316 g/mol. The van der Waals surface area contributed by atoms with E-state index in [0.29, 0.717) is 19.7 Å². The van der Waals surface area contributed by atoms with Gasteiger partial charge in [-0.25, -0.2) is 13.1 Å². The van der Waals surface area contributed by atoms with Crippen molar-refractivity contribution in [1.29, 1.82) is 0 Å². The van der Waals surface area contributed by atoms with Crippen LogP contribution in [0.5, 0.6) is 0 Å². The summed E-state index contributed by atoms with van der Waals surface area (Å²) in [4.78, 5) is 0. The molecule has 7 nitrogen and oxygen atoms in total. The van der Waals surface area contributed by atoms with Crippen molar-refractivity contribution in [3.05, 3.63) is 47.8 Å². The zero-order valence-electron chi connectivity index (χ0n) is 13.0. The van der Waals surface area contributed by atoms with Crippen molar-refractivity contribution in [2.75, 3.05) is 20.2 Å². The van der Waals surface area contributed by atoms with Crippen LogP contribution in [0.3, 0.4) is 0 Å². The minimum absolute atomic E-state index is 0.0265. The molecule has 23 heavy (non-hydrogen) atoms. The highest BCUT2D eigenvalue weighted by Crippen LogP contribution is 2.25. The van der Waals surface area contributed by atoms with Gasteiger partial charge in [0.15, 0.2) is 0 Å². The van der Waals surface area contributed by atoms with Crippen molar-refractivity contribution in [3.63, 3.8) is 0 Å². The minimum atomic E-state index is -3.31. The van der Waals surface area contributed by atoms with Crippen molar-refractivity contribution < 1.29 is 13.2 Å². The molecule has 1 aromatic heterocycles. The fourth-order valence-corrected chi connectivity index (χ4v) is 4.34. The quantitative estimate of drug-likeness (QED) is 0.792. The number of sulfonamides is 1. The van der Waals surface area contributed by atoms with E-state index >= 15 is 0 Å². The minimum Gasteiger partial charge on any atom is -0.378 e. The molecule has 0 amide bonds. The molecule has 8 heteroatoms. The van der Waals surface area contributed by atoms with Crippen LogP contribution in [0.2, 0.25) is 0 Å². The monoisotopic (exact) mass is 336 g/mol. The Morgan fingerprint density at radius 2 is 2.09 bits per heavy atom. The van der Waals surface area contributed by atoms with Gasteiger partial charge in [0.05, 0.1) is 24.6 Å². The number of methoxy groups -OCH3 is 1. The first-order valence-electron chi connectivity index (χ1n) is 7.50. The summed E-state index contributed by atoms with van der Waals surface area (Å²) < 4.78 is 33.4. The molecule has 1 fully saturated rings. The van der Waals surface area contributed by atoms with Crippen LogP contribution in [0, 0.1) is 0 Å². The number of nitrogens with zero attached hydrogens (tertiary/aromatic N) is 4. The summed E-state index contributed by atoms with van der Waals surface area (Å²) in [6, 6.07) is 9.27. The topological polar surface area (TPSA) is 77.3 Å². The van der Waals surface area contributed by atoms with Gasteiger partial charge in [-0.05, 0) is 12.0 Å². The van der Waals surface area contributed by atoms with Crippen molar-refractivity contribution >= 4 is 10.0 Å². The van der Waals surface area contributed by atoms with Crippen molar-refractivity contribution in [1.82, 2.24) is 19.3 Å². The van der Waals surface area contributed by atoms with Gasteiger partial charge in [-0.2, -0.15) is 4.31 Å². The predicted molar refractivity (Wildman–Crippen MR) is 85.0 cm³/mol. The second-order valence-electron chi connectivity index (χ2n) is 5.67. The van der Waals surface area contributed by atoms with Crippen LogP contribution in [0.1, 0.15) is 23.7 Å². The molecule has 0 spiro atoms. The maximum Gasteiger partial charge on any atom is 0.218 e. The van der Waals surface area contributed by atoms with Gasteiger partial charge in [0.1, 0.15) is 5.69 Å². The normalized spacial score (nSPS) is 19.3. The fourth-order valence-electron chi connectivity index (χ4n) is 2.76. The number of aromatic nitrogens is 3. The van der Waals surface area contributed by atoms with E-state index in [-0.39, 0.29) is 11.8 Å². The average molecular weight is 336 g/mol. The lowest BCUT2D eigenvalue weighted by Gasteiger charge is -2.16. The van der Waals surface area contributed by atoms with Crippen LogP contribution in [0.15, 0.2) is 36.5 Å². The van der Waals surface area contributed by atoms with E-state index < -0.39 is 10.0 Å². The SMILES string of the molecule is COCc1cn(C2CCN(S(=O)(=O)Cc3ccccc3)C2)nn1. The average Bonchev–Trinajstić information content (AvgIpc) is 3.17. The molecule has 0 bridgehead atoms. The summed E-state index contributed by atoms with van der Waals surface area (Å²) in [7, 11) is -1.71. The standard InChI is InChI=1S/C15H20N4O3S/c1-22-11-14-9-19(17-16-14)15-7-8-18(10-15)23(20,21)12-13-5-3-2-4-6-13/h2-6,9,15H,7-8,10-12H2,1H3. The van der Waals surface area contributed by atoms with E-state index in [0.717, 1.165) is 17.7 Å². The third kappa shape index (κ3) is 3.77. The second-order valence-corrected chi connectivity index (χ2v) is 7.63. The van der Waals surface area contributed by atoms with E-state index in [1.807, 2.05) is 36.5 Å². The summed E-state index contributed by atoms with van der Waals surface area (Å²) in [6.45, 7) is 1.35. The molecule has 0 saturated carbocycles. The van der Waals surface area contributed by atoms with Gasteiger partial charge in [-0.1, -0.05) is 35.5 Å². The molecule has 1 saturated heterocycles. The van der Waals surface area contributed by atoms with Crippen LogP contribution in [0.4, 0.5) is 0 Å². The molecule has 3 rings (SSSR count). The van der Waals surface area contributed by atoms with E-state index in [4.69, 9.17) is 4.74 Å². The smallest absolute Gasteiger partial charge is 0.218 e. The number of hydrogen-bond acceptors (Lipinski definition) is 5. The lowest BCUT2D eigenvalue weighted by Crippen LogP contribution is -2.30. The molecule has 1 aliphatic rings. The molecule has 2 aromatic rings. The first-order chi connectivity index (χ1) is 11.1. The predicted octanol–water partition coefficient (Wildman–Crippen LogP) is 1.20. The van der Waals surface area contributed by atoms with Gasteiger partial charge in [0.25, 0.3) is 0 Å². The van der Waals surface area contributed by atoms with Gasteiger partial charge < -0.3 is 4.74 Å². The summed E-state index contributed by atoms with van der Waals surface area (Å²) in [5.74, 6) is 0.0346. The van der Waals surface area contributed by atoms with Gasteiger partial charge in [-0.3, -0.25) is 0 Å². The molecule has 2 heterocycles. The molecule has 1 aromatic carbocycles. The number of ether oxygens (including phenoxy) is 1. The summed E-state index contributed by atoms with van der Waals surface area (Å²) >= 11 is 0. The molecule has 1 aliphatic heterocycles. The Balaban J connectivity index is 1.66. The van der Waals surface area contributed by atoms with Crippen LogP contribution < -0.4 is 0 Å². The maximum absolute atomic E-state index is 12.5. The van der Waals surface area contributed by atoms with Gasteiger partial charge >= 0.3 is 0 Å². The van der Waals surface area contributed by atoms with Crippen molar-refractivity contribution in [3.8, 4) is 0 Å². The largest absolute Gasteiger partial charge is 0.378 e. The van der Waals surface area contributed by atoms with E-state index in [1.54, 1.807) is 16.1 Å². The highest BCUT2D eigenvalue weighted by molar-refractivity contribution is 7.88. The summed E-state index contributed by atoms with van der Waals surface area (Å²) in [5, 5.41) is 8.11. The molecule has 0 radical (unpaired) electrons. The van der Waals surface area contributed by atoms with Gasteiger partial charge in [-0.15, -0.1) is 5.10 Å². The first kappa shape index (κ1) is 16.1. The van der Waals surface area contributed by atoms with Gasteiger partial charge in [0.2, 0.25) is 10.0 Å². The Kier molecular flexibility index (Phi) is 4.74. The Hall–Kier alpha value is -1.77. The number of rotatable bonds is 6. The summed E-state index contributed by atoms with van der Waals surface area (Å²) in [5.41, 5.74) is 1.55. The van der Waals surface area contributed by atoms with E-state index in [9.17, 15) is 8.42 Å². The highest BCUT2D eigenvalue weighted by Gasteiger charge is 2.32. The fraction of sp³-hybridized carbons (Fsp3) is 0.467. The molecule has 0 aliphatic carbocycles. The van der Waals surface area contributed by atoms with E-state index in [2.05, 4.69) is 10.3 Å². The van der Waals surface area contributed by atoms with Crippen LogP contribution in [-0.4, -0.2) is 47.9 Å². The molecule has 0 N–H and O–H groups in total. The van der Waals surface area contributed by atoms with Crippen LogP contribution in [0.25, 0.3) is 0 Å². The Morgan fingerprint density at radius 1 is 1.30 bits per heavy atom.